The fourth-order valence-electron chi connectivity index (χ4n) is 1.74. The number of ether oxygens (including phenoxy) is 1. The Morgan fingerprint density at radius 2 is 2.17 bits per heavy atom. The van der Waals surface area contributed by atoms with Crippen LogP contribution < -0.4 is 4.74 Å². The van der Waals surface area contributed by atoms with E-state index in [1.54, 1.807) is 13.3 Å². The quantitative estimate of drug-likeness (QED) is 0.612. The topological polar surface area (TPSA) is 21.6 Å². The van der Waals surface area contributed by atoms with Gasteiger partial charge in [0.25, 0.3) is 0 Å². The van der Waals surface area contributed by atoms with Gasteiger partial charge in [-0.05, 0) is 17.9 Å². The van der Waals surface area contributed by atoms with Crippen LogP contribution in [0.2, 0.25) is 0 Å². The van der Waals surface area contributed by atoms with Crippen molar-refractivity contribution < 1.29 is 4.74 Å². The molecule has 0 fully saturated rings. The van der Waals surface area contributed by atoms with Gasteiger partial charge in [-0.2, -0.15) is 0 Å². The largest absolute Gasteiger partial charge is 0.496 e. The lowest BCUT2D eigenvalue weighted by atomic mass is 9.99. The maximum Gasteiger partial charge on any atom is 0.130 e. The first-order chi connectivity index (χ1) is 8.61. The molecule has 0 saturated carbocycles. The van der Waals surface area contributed by atoms with Crippen LogP contribution in [0.1, 0.15) is 44.2 Å². The first kappa shape index (κ1) is 14.8. The molecule has 0 aromatic heterocycles. The van der Waals surface area contributed by atoms with Gasteiger partial charge in [-0.3, -0.25) is 4.99 Å². The number of hydrogen-bond acceptors (Lipinski definition) is 3. The van der Waals surface area contributed by atoms with E-state index in [0.717, 1.165) is 22.6 Å². The van der Waals surface area contributed by atoms with Crippen molar-refractivity contribution in [3.8, 4) is 5.75 Å². The number of nitrogens with zero attached hydrogens (tertiary/aromatic N) is 1. The number of thiol groups is 1. The van der Waals surface area contributed by atoms with Gasteiger partial charge in [0, 0.05) is 22.9 Å². The van der Waals surface area contributed by atoms with Gasteiger partial charge < -0.3 is 4.74 Å². The third kappa shape index (κ3) is 3.64. The monoisotopic (exact) mass is 263 g/mol. The Hall–Kier alpha value is -1.22. The number of para-hydroxylation sites is 1. The molecule has 3 heteroatoms. The van der Waals surface area contributed by atoms with Gasteiger partial charge in [-0.15, -0.1) is 12.6 Å². The molecule has 0 radical (unpaired) electrons. The van der Waals surface area contributed by atoms with E-state index < -0.39 is 0 Å². The Morgan fingerprint density at radius 3 is 2.72 bits per heavy atom. The Bertz CT molecular complexity index is 450. The summed E-state index contributed by atoms with van der Waals surface area (Å²) in [5.74, 6) is 1.31. The lowest BCUT2D eigenvalue weighted by Gasteiger charge is -2.15. The molecule has 0 aliphatic heterocycles. The van der Waals surface area contributed by atoms with Crippen LogP contribution in [0.4, 0.5) is 0 Å². The summed E-state index contributed by atoms with van der Waals surface area (Å²) >= 11 is 4.50. The molecule has 1 aromatic rings. The minimum Gasteiger partial charge on any atom is -0.496 e. The number of aliphatic imine (C=N–C) groups is 1. The highest BCUT2D eigenvalue weighted by Crippen LogP contribution is 2.35. The summed E-state index contributed by atoms with van der Waals surface area (Å²) in [6, 6.07) is 6.12. The molecule has 0 saturated heterocycles. The second-order valence-corrected chi connectivity index (χ2v) is 4.82. The zero-order valence-corrected chi connectivity index (χ0v) is 12.4. The molecule has 0 spiro atoms. The number of rotatable bonds is 5. The lowest BCUT2D eigenvalue weighted by molar-refractivity contribution is 0.406. The zero-order chi connectivity index (χ0) is 13.5. The second-order valence-electron chi connectivity index (χ2n) is 4.34. The van der Waals surface area contributed by atoms with Gasteiger partial charge in [0.2, 0.25) is 0 Å². The van der Waals surface area contributed by atoms with E-state index in [9.17, 15) is 0 Å². The molecule has 0 aliphatic rings. The molecule has 0 bridgehead atoms. The van der Waals surface area contributed by atoms with Crippen LogP contribution in [-0.4, -0.2) is 13.3 Å². The van der Waals surface area contributed by atoms with Crippen molar-refractivity contribution in [1.82, 2.24) is 0 Å². The van der Waals surface area contributed by atoms with Crippen LogP contribution in [0, 0.1) is 0 Å². The lowest BCUT2D eigenvalue weighted by Crippen LogP contribution is -1.97. The SMILES string of the molecule is CCC=N/C=C(\S)c1cccc(C(C)C)c1OC. The molecular formula is C15H21NOS. The van der Waals surface area contributed by atoms with Gasteiger partial charge in [-0.25, -0.2) is 0 Å². The number of benzene rings is 1. The summed E-state index contributed by atoms with van der Waals surface area (Å²) in [6.45, 7) is 6.35. The van der Waals surface area contributed by atoms with Gasteiger partial charge in [0.05, 0.1) is 7.11 Å². The van der Waals surface area contributed by atoms with Gasteiger partial charge in [0.1, 0.15) is 5.75 Å². The maximum atomic E-state index is 5.52. The smallest absolute Gasteiger partial charge is 0.130 e. The van der Waals surface area contributed by atoms with E-state index in [-0.39, 0.29) is 0 Å². The van der Waals surface area contributed by atoms with Gasteiger partial charge in [-0.1, -0.05) is 39.0 Å². The highest BCUT2D eigenvalue weighted by atomic mass is 32.1. The summed E-state index contributed by atoms with van der Waals surface area (Å²) in [5, 5.41) is 0. The Kier molecular flexibility index (Phi) is 5.99. The summed E-state index contributed by atoms with van der Waals surface area (Å²) in [6.07, 6.45) is 4.53. The molecule has 0 atom stereocenters. The molecule has 0 heterocycles. The molecule has 98 valence electrons. The van der Waals surface area contributed by atoms with Crippen molar-refractivity contribution in [2.24, 2.45) is 4.99 Å². The number of hydrogen-bond donors (Lipinski definition) is 1. The summed E-state index contributed by atoms with van der Waals surface area (Å²) < 4.78 is 5.52. The van der Waals surface area contributed by atoms with Crippen molar-refractivity contribution in [2.75, 3.05) is 7.11 Å². The number of methoxy groups -OCH3 is 1. The predicted molar refractivity (Wildman–Crippen MR) is 82.8 cm³/mol. The second kappa shape index (κ2) is 7.27. The molecule has 0 N–H and O–H groups in total. The van der Waals surface area contributed by atoms with Crippen LogP contribution in [0.3, 0.4) is 0 Å². The normalized spacial score (nSPS) is 12.4. The predicted octanol–water partition coefficient (Wildman–Crippen LogP) is 4.53. The van der Waals surface area contributed by atoms with Crippen LogP contribution in [-0.2, 0) is 0 Å². The minimum atomic E-state index is 0.417. The molecule has 0 aliphatic carbocycles. The molecule has 1 rings (SSSR count). The third-order valence-corrected chi connectivity index (χ3v) is 2.99. The van der Waals surface area contributed by atoms with Crippen LogP contribution in [0.25, 0.3) is 4.91 Å². The highest BCUT2D eigenvalue weighted by molar-refractivity contribution is 7.90. The fourth-order valence-corrected chi connectivity index (χ4v) is 1.98. The van der Waals surface area contributed by atoms with E-state index in [4.69, 9.17) is 4.74 Å². The third-order valence-electron chi connectivity index (χ3n) is 2.63. The van der Waals surface area contributed by atoms with E-state index in [0.29, 0.717) is 5.92 Å². The first-order valence-corrected chi connectivity index (χ1v) is 6.64. The molecule has 1 aromatic carbocycles. The van der Waals surface area contributed by atoms with Gasteiger partial charge >= 0.3 is 0 Å². The van der Waals surface area contributed by atoms with E-state index in [1.807, 2.05) is 18.3 Å². The summed E-state index contributed by atoms with van der Waals surface area (Å²) in [5.41, 5.74) is 2.18. The zero-order valence-electron chi connectivity index (χ0n) is 11.5. The first-order valence-electron chi connectivity index (χ1n) is 6.19. The van der Waals surface area contributed by atoms with Crippen molar-refractivity contribution in [3.05, 3.63) is 35.5 Å². The van der Waals surface area contributed by atoms with Crippen LogP contribution in [0.15, 0.2) is 29.4 Å². The summed E-state index contributed by atoms with van der Waals surface area (Å²) in [4.78, 5) is 5.02. The Labute approximate surface area is 115 Å². The molecule has 2 nitrogen and oxygen atoms in total. The minimum absolute atomic E-state index is 0.417. The van der Waals surface area contributed by atoms with E-state index >= 15 is 0 Å². The highest BCUT2D eigenvalue weighted by Gasteiger charge is 2.12. The molecule has 18 heavy (non-hydrogen) atoms. The molecule has 0 unspecified atom stereocenters. The molecular weight excluding hydrogens is 242 g/mol. The standard InChI is InChI=1S/C15H21NOS/c1-5-9-16-10-14(18)13-8-6-7-12(11(2)3)15(13)17-4/h6-11,18H,5H2,1-4H3/b14-10-,16-9?. The van der Waals surface area contributed by atoms with Crippen molar-refractivity contribution in [3.63, 3.8) is 0 Å². The van der Waals surface area contributed by atoms with Crippen molar-refractivity contribution in [2.45, 2.75) is 33.1 Å². The summed E-state index contributed by atoms with van der Waals surface area (Å²) in [7, 11) is 1.70. The Balaban J connectivity index is 3.20. The van der Waals surface area contributed by atoms with Gasteiger partial charge in [0.15, 0.2) is 0 Å². The average molecular weight is 263 g/mol. The fraction of sp³-hybridized carbons (Fsp3) is 0.400. The van der Waals surface area contributed by atoms with Crippen LogP contribution >= 0.6 is 12.6 Å². The van der Waals surface area contributed by atoms with Crippen molar-refractivity contribution in [1.29, 1.82) is 0 Å². The van der Waals surface area contributed by atoms with E-state index in [1.165, 1.54) is 5.56 Å². The molecule has 0 amide bonds. The maximum absolute atomic E-state index is 5.52. The van der Waals surface area contributed by atoms with E-state index in [2.05, 4.69) is 44.5 Å². The van der Waals surface area contributed by atoms with Crippen LogP contribution in [0.5, 0.6) is 5.75 Å². The van der Waals surface area contributed by atoms with Crippen molar-refractivity contribution >= 4 is 23.7 Å². The Morgan fingerprint density at radius 1 is 1.44 bits per heavy atom. The average Bonchev–Trinajstić information content (AvgIpc) is 2.37.